The molecular weight excluding hydrogens is 306 g/mol. The van der Waals surface area contributed by atoms with Gasteiger partial charge in [-0.1, -0.05) is 25.2 Å². The lowest BCUT2D eigenvalue weighted by Crippen LogP contribution is -2.14. The van der Waals surface area contributed by atoms with Crippen molar-refractivity contribution in [3.63, 3.8) is 0 Å². The van der Waals surface area contributed by atoms with Gasteiger partial charge in [-0.15, -0.1) is 23.1 Å². The van der Waals surface area contributed by atoms with Crippen LogP contribution in [-0.4, -0.2) is 15.7 Å². The Balaban J connectivity index is 2.22. The van der Waals surface area contributed by atoms with Gasteiger partial charge in [-0.05, 0) is 24.8 Å². The van der Waals surface area contributed by atoms with Gasteiger partial charge in [0.1, 0.15) is 10.00 Å². The molecule has 20 heavy (non-hydrogen) atoms. The average Bonchev–Trinajstić information content (AvgIpc) is 2.82. The summed E-state index contributed by atoms with van der Waals surface area (Å²) in [7, 11) is 0. The summed E-state index contributed by atoms with van der Waals surface area (Å²) in [4.78, 5) is 7.12. The van der Waals surface area contributed by atoms with E-state index in [1.54, 1.807) is 23.1 Å². The largest absolute Gasteiger partial charge is 0.389 e. The molecule has 3 N–H and O–H groups in total. The molecule has 0 fully saturated rings. The van der Waals surface area contributed by atoms with Crippen LogP contribution < -0.4 is 11.1 Å². The molecule has 0 saturated heterocycles. The Bertz CT molecular complexity index is 607. The minimum absolute atomic E-state index is 0.430. The number of thioether (sulfide) groups is 1. The van der Waals surface area contributed by atoms with E-state index in [1.165, 1.54) is 4.88 Å². The van der Waals surface area contributed by atoms with Crippen molar-refractivity contribution in [1.82, 2.24) is 4.98 Å². The molecule has 1 aromatic carbocycles. The van der Waals surface area contributed by atoms with Crippen molar-refractivity contribution in [2.75, 3.05) is 11.1 Å². The fourth-order valence-corrected chi connectivity index (χ4v) is 3.72. The van der Waals surface area contributed by atoms with Crippen LogP contribution in [0.4, 0.5) is 5.69 Å². The highest BCUT2D eigenvalue weighted by Crippen LogP contribution is 2.29. The van der Waals surface area contributed by atoms with Crippen LogP contribution in [0.2, 0.25) is 0 Å². The third kappa shape index (κ3) is 3.71. The van der Waals surface area contributed by atoms with Crippen molar-refractivity contribution in [2.45, 2.75) is 25.3 Å². The van der Waals surface area contributed by atoms with Gasteiger partial charge >= 0.3 is 0 Å². The molecule has 0 unspecified atom stereocenters. The van der Waals surface area contributed by atoms with Gasteiger partial charge in [-0.25, -0.2) is 4.98 Å². The standard InChI is InChI=1S/C14H17N3S3/c1-3-19-11-6-4-5-10(13(11)14(15)18)16-8-12-17-7-9(2)20-12/h4-7,16H,3,8H2,1-2H3,(H2,15,18). The van der Waals surface area contributed by atoms with Crippen LogP contribution in [0.3, 0.4) is 0 Å². The molecule has 0 aliphatic rings. The summed E-state index contributed by atoms with van der Waals surface area (Å²) < 4.78 is 0. The predicted octanol–water partition coefficient (Wildman–Crippen LogP) is 3.81. The number of nitrogens with two attached hydrogens (primary N) is 1. The van der Waals surface area contributed by atoms with Crippen molar-refractivity contribution in [1.29, 1.82) is 0 Å². The molecule has 1 aromatic heterocycles. The lowest BCUT2D eigenvalue weighted by atomic mass is 10.1. The smallest absolute Gasteiger partial charge is 0.112 e. The van der Waals surface area contributed by atoms with Crippen LogP contribution in [0.25, 0.3) is 0 Å². The number of rotatable bonds is 6. The number of thiazole rings is 1. The van der Waals surface area contributed by atoms with Crippen molar-refractivity contribution >= 4 is 46.0 Å². The summed E-state index contributed by atoms with van der Waals surface area (Å²) in [5.41, 5.74) is 7.79. The second kappa shape index (κ2) is 7.06. The first kappa shape index (κ1) is 15.3. The fourth-order valence-electron chi connectivity index (χ4n) is 1.86. The number of benzene rings is 1. The Morgan fingerprint density at radius 1 is 1.50 bits per heavy atom. The van der Waals surface area contributed by atoms with Gasteiger partial charge in [-0.2, -0.15) is 0 Å². The molecule has 106 valence electrons. The number of nitrogens with one attached hydrogen (secondary N) is 1. The minimum atomic E-state index is 0.430. The van der Waals surface area contributed by atoms with Crippen LogP contribution in [0.15, 0.2) is 29.3 Å². The van der Waals surface area contributed by atoms with E-state index in [4.69, 9.17) is 18.0 Å². The van der Waals surface area contributed by atoms with Crippen LogP contribution in [0, 0.1) is 6.92 Å². The van der Waals surface area contributed by atoms with Gasteiger partial charge in [0.15, 0.2) is 0 Å². The summed E-state index contributed by atoms with van der Waals surface area (Å²) >= 11 is 8.64. The average molecular weight is 324 g/mol. The minimum Gasteiger partial charge on any atom is -0.389 e. The van der Waals surface area contributed by atoms with E-state index in [1.807, 2.05) is 18.3 Å². The lowest BCUT2D eigenvalue weighted by molar-refractivity contribution is 1.10. The van der Waals surface area contributed by atoms with Gasteiger partial charge in [-0.3, -0.25) is 0 Å². The number of aromatic nitrogens is 1. The number of thiocarbonyl (C=S) groups is 1. The highest BCUT2D eigenvalue weighted by Gasteiger charge is 2.11. The fraction of sp³-hybridized carbons (Fsp3) is 0.286. The Hall–Kier alpha value is -1.11. The van der Waals surface area contributed by atoms with Gasteiger partial charge < -0.3 is 11.1 Å². The highest BCUT2D eigenvalue weighted by atomic mass is 32.2. The summed E-state index contributed by atoms with van der Waals surface area (Å²) in [6.07, 6.45) is 1.89. The molecule has 2 aromatic rings. The number of aryl methyl sites for hydroxylation is 1. The molecule has 0 spiro atoms. The number of anilines is 1. The Labute approximate surface area is 133 Å². The molecule has 2 rings (SSSR count). The zero-order valence-corrected chi connectivity index (χ0v) is 13.9. The Morgan fingerprint density at radius 2 is 2.30 bits per heavy atom. The van der Waals surface area contributed by atoms with Crippen molar-refractivity contribution < 1.29 is 0 Å². The second-order valence-corrected chi connectivity index (χ2v) is 7.26. The van der Waals surface area contributed by atoms with Crippen LogP contribution in [0.5, 0.6) is 0 Å². The summed E-state index contributed by atoms with van der Waals surface area (Å²) in [5.74, 6) is 0.991. The highest BCUT2D eigenvalue weighted by molar-refractivity contribution is 7.99. The summed E-state index contributed by atoms with van der Waals surface area (Å²) in [6.45, 7) is 4.86. The van der Waals surface area contributed by atoms with E-state index < -0.39 is 0 Å². The maximum Gasteiger partial charge on any atom is 0.112 e. The Morgan fingerprint density at radius 3 is 2.90 bits per heavy atom. The van der Waals surface area contributed by atoms with E-state index in [9.17, 15) is 0 Å². The van der Waals surface area contributed by atoms with E-state index in [0.29, 0.717) is 11.5 Å². The molecule has 0 radical (unpaired) electrons. The zero-order valence-electron chi connectivity index (χ0n) is 11.5. The molecule has 3 nitrogen and oxygen atoms in total. The first-order chi connectivity index (χ1) is 9.61. The molecule has 0 amide bonds. The molecule has 0 aliphatic carbocycles. The van der Waals surface area contributed by atoms with Crippen LogP contribution >= 0.6 is 35.3 Å². The molecule has 0 bridgehead atoms. The molecule has 0 aliphatic heterocycles. The first-order valence-corrected chi connectivity index (χ1v) is 8.53. The summed E-state index contributed by atoms with van der Waals surface area (Å²) in [6, 6.07) is 6.09. The van der Waals surface area contributed by atoms with Gasteiger partial charge in [0.2, 0.25) is 0 Å². The molecule has 6 heteroatoms. The van der Waals surface area contributed by atoms with Crippen molar-refractivity contribution in [2.24, 2.45) is 5.73 Å². The first-order valence-electron chi connectivity index (χ1n) is 6.32. The third-order valence-electron chi connectivity index (χ3n) is 2.67. The monoisotopic (exact) mass is 323 g/mol. The van der Waals surface area contributed by atoms with Gasteiger partial charge in [0.05, 0.1) is 6.54 Å². The van der Waals surface area contributed by atoms with E-state index in [0.717, 1.165) is 26.9 Å². The van der Waals surface area contributed by atoms with E-state index in [2.05, 4.69) is 30.2 Å². The maximum atomic E-state index is 5.88. The molecule has 1 heterocycles. The quantitative estimate of drug-likeness (QED) is 0.625. The molecule has 0 atom stereocenters. The number of hydrogen-bond donors (Lipinski definition) is 2. The summed E-state index contributed by atoms with van der Waals surface area (Å²) in [5, 5.41) is 4.45. The van der Waals surface area contributed by atoms with Crippen LogP contribution in [-0.2, 0) is 6.54 Å². The predicted molar refractivity (Wildman–Crippen MR) is 92.9 cm³/mol. The molecular formula is C14H17N3S3. The van der Waals surface area contributed by atoms with Crippen molar-refractivity contribution in [3.05, 3.63) is 39.8 Å². The zero-order chi connectivity index (χ0) is 14.5. The maximum absolute atomic E-state index is 5.88. The van der Waals surface area contributed by atoms with E-state index >= 15 is 0 Å². The number of hydrogen-bond acceptors (Lipinski definition) is 5. The normalized spacial score (nSPS) is 10.5. The topological polar surface area (TPSA) is 50.9 Å². The second-order valence-electron chi connectivity index (χ2n) is 4.19. The van der Waals surface area contributed by atoms with Crippen molar-refractivity contribution in [3.8, 4) is 0 Å². The molecule has 0 saturated carbocycles. The Kier molecular flexibility index (Phi) is 5.39. The van der Waals surface area contributed by atoms with Gasteiger partial charge in [0, 0.05) is 27.2 Å². The van der Waals surface area contributed by atoms with E-state index in [-0.39, 0.29) is 0 Å². The number of nitrogens with zero attached hydrogens (tertiary/aromatic N) is 1. The lowest BCUT2D eigenvalue weighted by Gasteiger charge is -2.14. The van der Waals surface area contributed by atoms with Gasteiger partial charge in [0.25, 0.3) is 0 Å². The van der Waals surface area contributed by atoms with Crippen LogP contribution in [0.1, 0.15) is 22.4 Å². The SMILES string of the molecule is CCSc1cccc(NCc2ncc(C)s2)c1C(N)=S. The third-order valence-corrected chi connectivity index (χ3v) is 4.73.